The maximum Gasteiger partial charge on any atom is 0.472 e. The van der Waals surface area contributed by atoms with E-state index in [1.165, 1.54) is 289 Å². The highest BCUT2D eigenvalue weighted by Crippen LogP contribution is 2.43. The molecule has 2 unspecified atom stereocenters. The zero-order valence-corrected chi connectivity index (χ0v) is 54.0. The van der Waals surface area contributed by atoms with Crippen molar-refractivity contribution in [3.63, 3.8) is 0 Å². The van der Waals surface area contributed by atoms with Gasteiger partial charge >= 0.3 is 19.8 Å². The number of phosphoric ester groups is 1. The molecule has 472 valence electrons. The van der Waals surface area contributed by atoms with E-state index in [0.717, 1.165) is 44.9 Å². The Morgan fingerprint density at radius 2 is 0.650 bits per heavy atom. The molecule has 0 heterocycles. The molecule has 2 atom stereocenters. The fourth-order valence-corrected chi connectivity index (χ4v) is 11.4. The van der Waals surface area contributed by atoms with Crippen LogP contribution in [0.15, 0.2) is 36.5 Å². The van der Waals surface area contributed by atoms with E-state index >= 15 is 0 Å². The topological polar surface area (TPSA) is 134 Å². The molecule has 3 N–H and O–H groups in total. The standard InChI is InChI=1S/C70H134NO8P/c1-3-5-7-9-11-13-15-17-19-21-23-25-27-29-31-32-33-34-35-36-37-39-41-43-45-47-49-51-53-55-57-59-61-63-70(73)79-68(67-78-80(74,75)77-65-64-71)66-76-69(72)62-60-58-56-54-52-50-48-46-44-42-40-38-30-28-26-24-22-20-18-16-14-12-10-8-6-4-2/h15,17,21,23,27,29,68H,3-14,16,18-20,22,24-26,28,30-67,71H2,1-2H3,(H,74,75)/b17-15-,23-21-,29-27-. The first-order chi connectivity index (χ1) is 39.3. The Labute approximate surface area is 496 Å². The molecule has 0 saturated heterocycles. The number of esters is 2. The first-order valence-corrected chi connectivity index (χ1v) is 36.5. The summed E-state index contributed by atoms with van der Waals surface area (Å²) >= 11 is 0. The van der Waals surface area contributed by atoms with E-state index in [1.807, 2.05) is 0 Å². The van der Waals surface area contributed by atoms with Crippen LogP contribution in [-0.2, 0) is 32.7 Å². The average Bonchev–Trinajstić information content (AvgIpc) is 3.45. The summed E-state index contributed by atoms with van der Waals surface area (Å²) in [5.41, 5.74) is 5.40. The summed E-state index contributed by atoms with van der Waals surface area (Å²) in [4.78, 5) is 35.3. The molecule has 0 amide bonds. The van der Waals surface area contributed by atoms with Crippen LogP contribution >= 0.6 is 7.82 Å². The third-order valence-corrected chi connectivity index (χ3v) is 16.8. The van der Waals surface area contributed by atoms with Crippen molar-refractivity contribution in [1.29, 1.82) is 0 Å². The van der Waals surface area contributed by atoms with Crippen LogP contribution in [0.25, 0.3) is 0 Å². The normalized spacial score (nSPS) is 13.1. The van der Waals surface area contributed by atoms with Gasteiger partial charge < -0.3 is 20.1 Å². The van der Waals surface area contributed by atoms with Crippen LogP contribution in [0.1, 0.15) is 367 Å². The maximum absolute atomic E-state index is 12.8. The Balaban J connectivity index is 3.83. The molecule has 80 heavy (non-hydrogen) atoms. The molecule has 0 bridgehead atoms. The van der Waals surface area contributed by atoms with Crippen molar-refractivity contribution in [2.45, 2.75) is 373 Å². The van der Waals surface area contributed by atoms with Crippen LogP contribution in [0.5, 0.6) is 0 Å². The highest BCUT2D eigenvalue weighted by molar-refractivity contribution is 7.47. The van der Waals surface area contributed by atoms with Gasteiger partial charge in [0.05, 0.1) is 13.2 Å². The van der Waals surface area contributed by atoms with E-state index in [-0.39, 0.29) is 38.6 Å². The van der Waals surface area contributed by atoms with Gasteiger partial charge in [0.15, 0.2) is 6.10 Å². The number of ether oxygens (including phenoxy) is 2. The fourth-order valence-electron chi connectivity index (χ4n) is 10.6. The van der Waals surface area contributed by atoms with Gasteiger partial charge in [-0.3, -0.25) is 18.6 Å². The molecule has 0 aliphatic rings. The summed E-state index contributed by atoms with van der Waals surface area (Å²) in [7, 11) is -4.39. The van der Waals surface area contributed by atoms with E-state index in [9.17, 15) is 19.0 Å². The summed E-state index contributed by atoms with van der Waals surface area (Å²) in [6, 6.07) is 0. The first kappa shape index (κ1) is 78.2. The number of unbranched alkanes of at least 4 members (excludes halogenated alkanes) is 48. The Hall–Kier alpha value is -1.77. The highest BCUT2D eigenvalue weighted by atomic mass is 31.2. The third kappa shape index (κ3) is 65.4. The number of phosphoric acid groups is 1. The van der Waals surface area contributed by atoms with Crippen LogP contribution in [0.3, 0.4) is 0 Å². The number of carbonyl (C=O) groups excluding carboxylic acids is 2. The van der Waals surface area contributed by atoms with Gasteiger partial charge in [0.1, 0.15) is 6.61 Å². The second-order valence-electron chi connectivity index (χ2n) is 23.8. The van der Waals surface area contributed by atoms with Gasteiger partial charge in [-0.2, -0.15) is 0 Å². The van der Waals surface area contributed by atoms with Crippen molar-refractivity contribution >= 4 is 19.8 Å². The van der Waals surface area contributed by atoms with Gasteiger partial charge in [-0.15, -0.1) is 0 Å². The molecule has 10 heteroatoms. The van der Waals surface area contributed by atoms with Gasteiger partial charge in [-0.1, -0.05) is 339 Å². The molecule has 0 fully saturated rings. The molecular weight excluding hydrogens is 1010 g/mol. The lowest BCUT2D eigenvalue weighted by molar-refractivity contribution is -0.161. The van der Waals surface area contributed by atoms with Gasteiger partial charge in [0.25, 0.3) is 0 Å². The van der Waals surface area contributed by atoms with E-state index in [2.05, 4.69) is 50.3 Å². The number of nitrogens with two attached hydrogens (primary N) is 1. The zero-order chi connectivity index (χ0) is 58.0. The number of carbonyl (C=O) groups is 2. The van der Waals surface area contributed by atoms with Crippen molar-refractivity contribution in [3.8, 4) is 0 Å². The van der Waals surface area contributed by atoms with Crippen molar-refractivity contribution in [1.82, 2.24) is 0 Å². The lowest BCUT2D eigenvalue weighted by Crippen LogP contribution is -2.29. The van der Waals surface area contributed by atoms with E-state index < -0.39 is 26.5 Å². The Morgan fingerprint density at radius 3 is 0.963 bits per heavy atom. The van der Waals surface area contributed by atoms with Gasteiger partial charge in [0.2, 0.25) is 0 Å². The summed E-state index contributed by atoms with van der Waals surface area (Å²) in [5, 5.41) is 0. The number of rotatable bonds is 67. The molecule has 0 aliphatic heterocycles. The number of allylic oxidation sites excluding steroid dienone is 6. The SMILES string of the molecule is CCCCCCC/C=C\C/C=C\C/C=C\CCCCCCCCCCCCCCCCCCCCC(=O)OC(COC(=O)CCCCCCCCCCCCCCCCCCCCCCCCCCCC)COP(=O)(O)OCCN. The average molecular weight is 1150 g/mol. The van der Waals surface area contributed by atoms with Crippen molar-refractivity contribution in [2.24, 2.45) is 5.73 Å². The smallest absolute Gasteiger partial charge is 0.462 e. The highest BCUT2D eigenvalue weighted by Gasteiger charge is 2.26. The lowest BCUT2D eigenvalue weighted by Gasteiger charge is -2.19. The Kier molecular flexibility index (Phi) is 64.9. The predicted octanol–water partition coefficient (Wildman–Crippen LogP) is 22.7. The summed E-state index contributed by atoms with van der Waals surface area (Å²) in [6.07, 6.45) is 82.4. The van der Waals surface area contributed by atoms with Crippen molar-refractivity contribution in [2.75, 3.05) is 26.4 Å². The zero-order valence-electron chi connectivity index (χ0n) is 53.1. The van der Waals surface area contributed by atoms with Crippen LogP contribution in [0, 0.1) is 0 Å². The van der Waals surface area contributed by atoms with Crippen LogP contribution in [-0.4, -0.2) is 49.3 Å². The number of hydrogen-bond acceptors (Lipinski definition) is 8. The summed E-state index contributed by atoms with van der Waals surface area (Å²) in [6.45, 7) is 3.81. The molecule has 9 nitrogen and oxygen atoms in total. The quantitative estimate of drug-likeness (QED) is 0.0264. The van der Waals surface area contributed by atoms with E-state index in [1.54, 1.807) is 0 Å². The molecule has 0 aromatic carbocycles. The summed E-state index contributed by atoms with van der Waals surface area (Å²) in [5.74, 6) is -0.804. The first-order valence-electron chi connectivity index (χ1n) is 35.0. The van der Waals surface area contributed by atoms with Crippen LogP contribution in [0.4, 0.5) is 0 Å². The molecule has 0 aromatic heterocycles. The second-order valence-corrected chi connectivity index (χ2v) is 25.2. The minimum absolute atomic E-state index is 0.0561. The second kappa shape index (κ2) is 66.4. The number of hydrogen-bond donors (Lipinski definition) is 2. The third-order valence-electron chi connectivity index (χ3n) is 15.8. The van der Waals surface area contributed by atoms with Crippen molar-refractivity contribution < 1.29 is 37.6 Å². The van der Waals surface area contributed by atoms with E-state index in [0.29, 0.717) is 6.42 Å². The molecular formula is C70H134NO8P. The predicted molar refractivity (Wildman–Crippen MR) is 344 cm³/mol. The minimum Gasteiger partial charge on any atom is -0.462 e. The van der Waals surface area contributed by atoms with Crippen molar-refractivity contribution in [3.05, 3.63) is 36.5 Å². The maximum atomic E-state index is 12.8. The Bertz CT molecular complexity index is 1400. The molecule has 0 aliphatic carbocycles. The van der Waals surface area contributed by atoms with Gasteiger partial charge in [-0.05, 0) is 51.4 Å². The Morgan fingerprint density at radius 1 is 0.375 bits per heavy atom. The monoisotopic (exact) mass is 1150 g/mol. The molecule has 0 radical (unpaired) electrons. The minimum atomic E-state index is -4.39. The van der Waals surface area contributed by atoms with Crippen LogP contribution in [0.2, 0.25) is 0 Å². The molecule has 0 aromatic rings. The molecule has 0 spiro atoms. The molecule has 0 rings (SSSR count). The largest absolute Gasteiger partial charge is 0.472 e. The lowest BCUT2D eigenvalue weighted by atomic mass is 10.0. The van der Waals surface area contributed by atoms with Crippen LogP contribution < -0.4 is 5.73 Å². The van der Waals surface area contributed by atoms with Gasteiger partial charge in [0, 0.05) is 19.4 Å². The van der Waals surface area contributed by atoms with E-state index in [4.69, 9.17) is 24.3 Å². The fraction of sp³-hybridized carbons (Fsp3) is 0.886. The summed E-state index contributed by atoms with van der Waals surface area (Å²) < 4.78 is 33.2. The van der Waals surface area contributed by atoms with Gasteiger partial charge in [-0.25, -0.2) is 4.57 Å². The molecule has 0 saturated carbocycles.